The number of nitrogens with zero attached hydrogens (tertiary/aromatic N) is 2. The monoisotopic (exact) mass is 380 g/mol. The highest BCUT2D eigenvalue weighted by Gasteiger charge is 2.17. The second-order valence-electron chi connectivity index (χ2n) is 5.99. The number of methoxy groups -OCH3 is 1. The molecule has 3 aromatic rings. The number of primary amides is 1. The third-order valence-corrected chi connectivity index (χ3v) is 4.07. The molecule has 0 aliphatic rings. The Labute approximate surface area is 161 Å². The topological polar surface area (TPSA) is 108 Å². The van der Waals surface area contributed by atoms with Gasteiger partial charge in [0, 0.05) is 12.6 Å². The lowest BCUT2D eigenvalue weighted by atomic mass is 10.1. The minimum atomic E-state index is -0.672. The highest BCUT2D eigenvalue weighted by molar-refractivity contribution is 6.08. The quantitative estimate of drug-likeness (QED) is 0.654. The molecule has 0 saturated heterocycles. The number of anilines is 1. The summed E-state index contributed by atoms with van der Waals surface area (Å²) < 4.78 is 12.4. The highest BCUT2D eigenvalue weighted by atomic mass is 16.5. The van der Waals surface area contributed by atoms with E-state index in [1.165, 1.54) is 10.9 Å². The number of amides is 2. The molecule has 8 heteroatoms. The summed E-state index contributed by atoms with van der Waals surface area (Å²) >= 11 is 0. The minimum absolute atomic E-state index is 0.129. The number of carbonyl (C=O) groups is 2. The van der Waals surface area contributed by atoms with Crippen molar-refractivity contribution in [1.29, 1.82) is 0 Å². The third-order valence-electron chi connectivity index (χ3n) is 4.07. The van der Waals surface area contributed by atoms with E-state index in [-0.39, 0.29) is 23.9 Å². The predicted octanol–water partition coefficient (Wildman–Crippen LogP) is 2.36. The fourth-order valence-corrected chi connectivity index (χ4v) is 2.72. The van der Waals surface area contributed by atoms with E-state index in [0.29, 0.717) is 17.1 Å². The predicted molar refractivity (Wildman–Crippen MR) is 103 cm³/mol. The molecular weight excluding hydrogens is 360 g/mol. The number of ether oxygens (including phenoxy) is 2. The zero-order valence-corrected chi connectivity index (χ0v) is 15.5. The Morgan fingerprint density at radius 2 is 1.89 bits per heavy atom. The van der Waals surface area contributed by atoms with Crippen molar-refractivity contribution < 1.29 is 19.1 Å². The summed E-state index contributed by atoms with van der Waals surface area (Å²) in [5.41, 5.74) is 6.95. The van der Waals surface area contributed by atoms with Crippen molar-refractivity contribution in [3.8, 4) is 11.5 Å². The number of aromatic nitrogens is 2. The maximum atomic E-state index is 12.6. The summed E-state index contributed by atoms with van der Waals surface area (Å²) in [5.74, 6) is 0.192. The van der Waals surface area contributed by atoms with Crippen LogP contribution in [0, 0.1) is 0 Å². The fourth-order valence-electron chi connectivity index (χ4n) is 2.72. The summed E-state index contributed by atoms with van der Waals surface area (Å²) in [5, 5.41) is 6.62. The minimum Gasteiger partial charge on any atom is -0.493 e. The van der Waals surface area contributed by atoms with Crippen LogP contribution in [-0.4, -0.2) is 28.7 Å². The molecule has 144 valence electrons. The molecule has 1 aromatic heterocycles. The molecule has 2 aromatic carbocycles. The fraction of sp³-hybridized carbons (Fsp3) is 0.150. The summed E-state index contributed by atoms with van der Waals surface area (Å²) in [4.78, 5) is 24.1. The lowest BCUT2D eigenvalue weighted by Gasteiger charge is -2.11. The van der Waals surface area contributed by atoms with E-state index in [0.717, 1.165) is 5.56 Å². The van der Waals surface area contributed by atoms with E-state index in [1.54, 1.807) is 32.4 Å². The molecule has 0 fully saturated rings. The van der Waals surface area contributed by atoms with Crippen LogP contribution in [-0.2, 0) is 13.7 Å². The second-order valence-corrected chi connectivity index (χ2v) is 5.99. The van der Waals surface area contributed by atoms with Crippen LogP contribution in [0.4, 0.5) is 5.69 Å². The van der Waals surface area contributed by atoms with Crippen LogP contribution >= 0.6 is 0 Å². The number of carbonyl (C=O) groups excluding carboxylic acids is 2. The zero-order chi connectivity index (χ0) is 20.1. The Kier molecular flexibility index (Phi) is 5.59. The maximum absolute atomic E-state index is 12.6. The Morgan fingerprint density at radius 3 is 2.61 bits per heavy atom. The van der Waals surface area contributed by atoms with Gasteiger partial charge in [-0.25, -0.2) is 0 Å². The van der Waals surface area contributed by atoms with E-state index in [2.05, 4.69) is 10.4 Å². The van der Waals surface area contributed by atoms with Crippen LogP contribution in [0.1, 0.15) is 26.4 Å². The van der Waals surface area contributed by atoms with Gasteiger partial charge in [-0.05, 0) is 29.8 Å². The van der Waals surface area contributed by atoms with Gasteiger partial charge in [0.15, 0.2) is 11.5 Å². The van der Waals surface area contributed by atoms with Crippen molar-refractivity contribution >= 4 is 17.5 Å². The largest absolute Gasteiger partial charge is 0.493 e. The molecule has 3 N–H and O–H groups in total. The molecule has 1 heterocycles. The summed E-state index contributed by atoms with van der Waals surface area (Å²) in [6, 6.07) is 14.3. The Morgan fingerprint density at radius 1 is 1.14 bits per heavy atom. The number of hydrogen-bond donors (Lipinski definition) is 2. The smallest absolute Gasteiger partial charge is 0.269 e. The molecule has 0 unspecified atom stereocenters. The molecule has 8 nitrogen and oxygen atoms in total. The summed E-state index contributed by atoms with van der Waals surface area (Å²) in [6.45, 7) is 0.265. The number of aryl methyl sites for hydroxylation is 1. The van der Waals surface area contributed by atoms with Gasteiger partial charge in [0.1, 0.15) is 12.3 Å². The van der Waals surface area contributed by atoms with Gasteiger partial charge in [0.05, 0.1) is 19.0 Å². The van der Waals surface area contributed by atoms with E-state index >= 15 is 0 Å². The molecule has 0 saturated carbocycles. The maximum Gasteiger partial charge on any atom is 0.269 e. The Bertz CT molecular complexity index is 1010. The second kappa shape index (κ2) is 8.26. The van der Waals surface area contributed by atoms with Crippen molar-refractivity contribution in [1.82, 2.24) is 9.78 Å². The summed E-state index contributed by atoms with van der Waals surface area (Å²) in [6.07, 6.45) is 1.38. The standard InChI is InChI=1S/C20H20N4O4/c1-24-18(19(21)25)15(11-22-24)23-20(26)14-7-5-6-13(10-14)12-28-17-9-4-3-8-16(17)27-2/h3-11H,12H2,1-2H3,(H2,21,25)(H,23,26). The van der Waals surface area contributed by atoms with Crippen molar-refractivity contribution in [2.45, 2.75) is 6.61 Å². The Hall–Kier alpha value is -3.81. The van der Waals surface area contributed by atoms with Gasteiger partial charge in [0.25, 0.3) is 11.8 Å². The molecular formula is C20H20N4O4. The molecule has 3 rings (SSSR count). The number of benzene rings is 2. The molecule has 0 atom stereocenters. The van der Waals surface area contributed by atoms with Gasteiger partial charge in [-0.15, -0.1) is 0 Å². The van der Waals surface area contributed by atoms with Crippen molar-refractivity contribution in [2.75, 3.05) is 12.4 Å². The average Bonchev–Trinajstić information content (AvgIpc) is 3.07. The first-order valence-corrected chi connectivity index (χ1v) is 8.47. The first-order chi connectivity index (χ1) is 13.5. The molecule has 0 aliphatic carbocycles. The van der Waals surface area contributed by atoms with Crippen molar-refractivity contribution in [3.05, 3.63) is 71.5 Å². The molecule has 28 heavy (non-hydrogen) atoms. The van der Waals surface area contributed by atoms with Crippen molar-refractivity contribution in [2.24, 2.45) is 12.8 Å². The number of rotatable bonds is 7. The number of nitrogens with two attached hydrogens (primary N) is 1. The van der Waals surface area contributed by atoms with Crippen LogP contribution < -0.4 is 20.5 Å². The SMILES string of the molecule is COc1ccccc1OCc1cccc(C(=O)Nc2cnn(C)c2C(N)=O)c1. The van der Waals surface area contributed by atoms with Gasteiger partial charge < -0.3 is 20.5 Å². The first kappa shape index (κ1) is 19.0. The number of hydrogen-bond acceptors (Lipinski definition) is 5. The molecule has 0 aliphatic heterocycles. The summed E-state index contributed by atoms with van der Waals surface area (Å²) in [7, 11) is 3.15. The van der Waals surface area contributed by atoms with Crippen LogP contribution in [0.3, 0.4) is 0 Å². The molecule has 2 amide bonds. The van der Waals surface area contributed by atoms with Crippen LogP contribution in [0.2, 0.25) is 0 Å². The van der Waals surface area contributed by atoms with Crippen LogP contribution in [0.15, 0.2) is 54.7 Å². The molecule has 0 radical (unpaired) electrons. The van der Waals surface area contributed by atoms with Crippen LogP contribution in [0.5, 0.6) is 11.5 Å². The Balaban J connectivity index is 1.72. The van der Waals surface area contributed by atoms with Gasteiger partial charge in [-0.3, -0.25) is 14.3 Å². The van der Waals surface area contributed by atoms with Gasteiger partial charge >= 0.3 is 0 Å². The molecule has 0 spiro atoms. The number of nitrogens with one attached hydrogen (secondary N) is 1. The van der Waals surface area contributed by atoms with Crippen molar-refractivity contribution in [3.63, 3.8) is 0 Å². The average molecular weight is 380 g/mol. The van der Waals surface area contributed by atoms with E-state index in [1.807, 2.05) is 30.3 Å². The van der Waals surface area contributed by atoms with Gasteiger partial charge in [-0.1, -0.05) is 24.3 Å². The van der Waals surface area contributed by atoms with Crippen LogP contribution in [0.25, 0.3) is 0 Å². The van der Waals surface area contributed by atoms with Gasteiger partial charge in [0.2, 0.25) is 0 Å². The lowest BCUT2D eigenvalue weighted by molar-refractivity contribution is 0.0992. The van der Waals surface area contributed by atoms with E-state index < -0.39 is 5.91 Å². The van der Waals surface area contributed by atoms with E-state index in [4.69, 9.17) is 15.2 Å². The van der Waals surface area contributed by atoms with E-state index in [9.17, 15) is 9.59 Å². The first-order valence-electron chi connectivity index (χ1n) is 8.47. The van der Waals surface area contributed by atoms with Gasteiger partial charge in [-0.2, -0.15) is 5.10 Å². The number of para-hydroxylation sites is 2. The molecule has 0 bridgehead atoms. The normalized spacial score (nSPS) is 10.4. The third kappa shape index (κ3) is 4.12. The zero-order valence-electron chi connectivity index (χ0n) is 15.5. The highest BCUT2D eigenvalue weighted by Crippen LogP contribution is 2.26. The lowest BCUT2D eigenvalue weighted by Crippen LogP contribution is -2.20.